The molecule has 0 bridgehead atoms. The Morgan fingerprint density at radius 3 is 2.80 bits per heavy atom. The number of nitrogens with zero attached hydrogens (tertiary/aromatic N) is 2. The third-order valence-corrected chi connectivity index (χ3v) is 3.60. The molecule has 6 heteroatoms. The number of para-hydroxylation sites is 1. The first-order chi connectivity index (χ1) is 9.76. The molecule has 1 aliphatic rings. The zero-order valence-corrected chi connectivity index (χ0v) is 11.6. The van der Waals surface area contributed by atoms with Crippen LogP contribution in [0.2, 0.25) is 0 Å². The van der Waals surface area contributed by atoms with Gasteiger partial charge in [-0.1, -0.05) is 12.1 Å². The van der Waals surface area contributed by atoms with Crippen molar-refractivity contribution in [3.8, 4) is 0 Å². The number of nitrogens with two attached hydrogens (primary N) is 1. The number of hydrazine groups is 1. The maximum Gasteiger partial charge on any atom is 0.256 e. The fourth-order valence-corrected chi connectivity index (χ4v) is 2.50. The van der Waals surface area contributed by atoms with E-state index in [0.29, 0.717) is 24.3 Å². The number of nitrogens with one attached hydrogen (secondary N) is 1. The second kappa shape index (κ2) is 7.23. The van der Waals surface area contributed by atoms with Crippen LogP contribution >= 0.6 is 0 Å². The Labute approximate surface area is 119 Å². The fourth-order valence-electron chi connectivity index (χ4n) is 2.50. The van der Waals surface area contributed by atoms with Crippen molar-refractivity contribution in [2.75, 3.05) is 44.8 Å². The summed E-state index contributed by atoms with van der Waals surface area (Å²) >= 11 is 0. The van der Waals surface area contributed by atoms with Crippen molar-refractivity contribution in [1.29, 1.82) is 0 Å². The first kappa shape index (κ1) is 14.8. The standard InChI is InChI=1S/C14H22N4O2/c15-16-13-5-2-1-4-12(13)14(20)18-7-3-6-17(8-9-18)10-11-19/h1-2,4-5,16,19H,3,6-11,15H2. The molecule has 110 valence electrons. The summed E-state index contributed by atoms with van der Waals surface area (Å²) in [5, 5.41) is 8.99. The Kier molecular flexibility index (Phi) is 5.34. The van der Waals surface area contributed by atoms with Crippen molar-refractivity contribution >= 4 is 11.6 Å². The van der Waals surface area contributed by atoms with Gasteiger partial charge >= 0.3 is 0 Å². The first-order valence-corrected chi connectivity index (χ1v) is 6.94. The Morgan fingerprint density at radius 2 is 2.05 bits per heavy atom. The molecule has 0 radical (unpaired) electrons. The Balaban J connectivity index is 2.05. The molecule has 0 unspecified atom stereocenters. The van der Waals surface area contributed by atoms with Gasteiger partial charge in [0.1, 0.15) is 0 Å². The van der Waals surface area contributed by atoms with E-state index in [1.165, 1.54) is 0 Å². The number of amides is 1. The van der Waals surface area contributed by atoms with Gasteiger partial charge in [0.2, 0.25) is 0 Å². The highest BCUT2D eigenvalue weighted by Gasteiger charge is 2.21. The number of aliphatic hydroxyl groups excluding tert-OH is 1. The second-order valence-corrected chi connectivity index (χ2v) is 4.90. The number of carbonyl (C=O) groups is 1. The number of hydrogen-bond donors (Lipinski definition) is 3. The molecule has 20 heavy (non-hydrogen) atoms. The van der Waals surface area contributed by atoms with Crippen LogP contribution in [0.5, 0.6) is 0 Å². The molecule has 1 heterocycles. The molecule has 0 saturated carbocycles. The van der Waals surface area contributed by atoms with Crippen LogP contribution in [0.1, 0.15) is 16.8 Å². The number of aliphatic hydroxyl groups is 1. The number of rotatable bonds is 4. The van der Waals surface area contributed by atoms with Crippen molar-refractivity contribution in [2.45, 2.75) is 6.42 Å². The van der Waals surface area contributed by atoms with E-state index in [2.05, 4.69) is 10.3 Å². The van der Waals surface area contributed by atoms with Crippen LogP contribution in [0.4, 0.5) is 5.69 Å². The predicted molar refractivity (Wildman–Crippen MR) is 78.3 cm³/mol. The second-order valence-electron chi connectivity index (χ2n) is 4.90. The lowest BCUT2D eigenvalue weighted by Crippen LogP contribution is -2.36. The predicted octanol–water partition coefficient (Wildman–Crippen LogP) is 0.112. The molecule has 2 rings (SSSR count). The number of benzene rings is 1. The van der Waals surface area contributed by atoms with Gasteiger partial charge in [0.25, 0.3) is 5.91 Å². The van der Waals surface area contributed by atoms with E-state index in [1.54, 1.807) is 12.1 Å². The number of β-amino-alcohol motifs (C(OH)–C–C–N with tert-alkyl or cyclic N) is 1. The summed E-state index contributed by atoms with van der Waals surface area (Å²) < 4.78 is 0. The molecule has 1 aliphatic heterocycles. The van der Waals surface area contributed by atoms with Gasteiger partial charge in [-0.25, -0.2) is 0 Å². The number of nitrogen functional groups attached to an aromatic ring is 1. The average Bonchev–Trinajstić information content (AvgIpc) is 2.72. The fraction of sp³-hybridized carbons (Fsp3) is 0.500. The summed E-state index contributed by atoms with van der Waals surface area (Å²) in [6, 6.07) is 7.26. The third-order valence-electron chi connectivity index (χ3n) is 3.60. The lowest BCUT2D eigenvalue weighted by molar-refractivity contribution is 0.0761. The van der Waals surface area contributed by atoms with Crippen LogP contribution in [0, 0.1) is 0 Å². The number of hydrogen-bond acceptors (Lipinski definition) is 5. The maximum atomic E-state index is 12.6. The smallest absolute Gasteiger partial charge is 0.256 e. The Bertz CT molecular complexity index is 453. The van der Waals surface area contributed by atoms with Crippen molar-refractivity contribution < 1.29 is 9.90 Å². The lowest BCUT2D eigenvalue weighted by atomic mass is 10.1. The van der Waals surface area contributed by atoms with Gasteiger partial charge in [0, 0.05) is 26.2 Å². The van der Waals surface area contributed by atoms with E-state index in [4.69, 9.17) is 10.9 Å². The van der Waals surface area contributed by atoms with Gasteiger partial charge in [-0.2, -0.15) is 0 Å². The molecule has 1 aromatic rings. The van der Waals surface area contributed by atoms with Crippen molar-refractivity contribution in [2.24, 2.45) is 5.84 Å². The molecule has 1 amide bonds. The van der Waals surface area contributed by atoms with E-state index < -0.39 is 0 Å². The van der Waals surface area contributed by atoms with Crippen molar-refractivity contribution in [3.05, 3.63) is 29.8 Å². The van der Waals surface area contributed by atoms with Gasteiger partial charge in [-0.05, 0) is 25.1 Å². The van der Waals surface area contributed by atoms with Crippen molar-refractivity contribution in [3.63, 3.8) is 0 Å². The highest BCUT2D eigenvalue weighted by Crippen LogP contribution is 2.17. The summed E-state index contributed by atoms with van der Waals surface area (Å²) in [6.07, 6.45) is 0.921. The minimum atomic E-state index is 0.00407. The summed E-state index contributed by atoms with van der Waals surface area (Å²) in [4.78, 5) is 16.6. The van der Waals surface area contributed by atoms with E-state index in [0.717, 1.165) is 26.1 Å². The van der Waals surface area contributed by atoms with Gasteiger partial charge in [0.05, 0.1) is 17.9 Å². The Morgan fingerprint density at radius 1 is 1.25 bits per heavy atom. The lowest BCUT2D eigenvalue weighted by Gasteiger charge is -2.22. The first-order valence-electron chi connectivity index (χ1n) is 6.94. The zero-order chi connectivity index (χ0) is 14.4. The molecule has 0 aliphatic carbocycles. The minimum absolute atomic E-state index is 0.00407. The topological polar surface area (TPSA) is 81.8 Å². The van der Waals surface area contributed by atoms with Crippen LogP contribution in [0.25, 0.3) is 0 Å². The molecule has 6 nitrogen and oxygen atoms in total. The summed E-state index contributed by atoms with van der Waals surface area (Å²) in [5.74, 6) is 5.46. The molecular weight excluding hydrogens is 256 g/mol. The monoisotopic (exact) mass is 278 g/mol. The Hall–Kier alpha value is -1.63. The normalized spacial score (nSPS) is 16.8. The highest BCUT2D eigenvalue weighted by molar-refractivity contribution is 5.99. The molecular formula is C14H22N4O2. The molecule has 0 atom stereocenters. The molecule has 0 spiro atoms. The number of anilines is 1. The van der Waals surface area contributed by atoms with Gasteiger partial charge in [-0.15, -0.1) is 0 Å². The van der Waals surface area contributed by atoms with Crippen LogP contribution < -0.4 is 11.3 Å². The summed E-state index contributed by atoms with van der Waals surface area (Å²) in [5.41, 5.74) is 3.82. The van der Waals surface area contributed by atoms with Crippen LogP contribution in [0.15, 0.2) is 24.3 Å². The van der Waals surface area contributed by atoms with Crippen molar-refractivity contribution in [1.82, 2.24) is 9.80 Å². The van der Waals surface area contributed by atoms with E-state index in [9.17, 15) is 4.79 Å². The van der Waals surface area contributed by atoms with E-state index in [-0.39, 0.29) is 12.5 Å². The van der Waals surface area contributed by atoms with E-state index >= 15 is 0 Å². The molecule has 1 aromatic carbocycles. The molecule has 4 N–H and O–H groups in total. The van der Waals surface area contributed by atoms with Crippen LogP contribution in [0.3, 0.4) is 0 Å². The highest BCUT2D eigenvalue weighted by atomic mass is 16.3. The molecule has 1 fully saturated rings. The largest absolute Gasteiger partial charge is 0.395 e. The average molecular weight is 278 g/mol. The van der Waals surface area contributed by atoms with Gasteiger partial charge in [0.15, 0.2) is 0 Å². The molecule has 0 aromatic heterocycles. The van der Waals surface area contributed by atoms with Gasteiger partial charge in [-0.3, -0.25) is 15.5 Å². The van der Waals surface area contributed by atoms with E-state index in [1.807, 2.05) is 17.0 Å². The minimum Gasteiger partial charge on any atom is -0.395 e. The van der Waals surface area contributed by atoms with Crippen LogP contribution in [-0.4, -0.2) is 60.1 Å². The number of carbonyl (C=O) groups excluding carboxylic acids is 1. The third kappa shape index (κ3) is 3.47. The zero-order valence-electron chi connectivity index (χ0n) is 11.6. The summed E-state index contributed by atoms with van der Waals surface area (Å²) in [7, 11) is 0. The maximum absolute atomic E-state index is 12.6. The quantitative estimate of drug-likeness (QED) is 0.538. The molecule has 1 saturated heterocycles. The van der Waals surface area contributed by atoms with Crippen LogP contribution in [-0.2, 0) is 0 Å². The SMILES string of the molecule is NNc1ccccc1C(=O)N1CCCN(CCO)CC1. The summed E-state index contributed by atoms with van der Waals surface area (Å²) in [6.45, 7) is 3.96. The van der Waals surface area contributed by atoms with Gasteiger partial charge < -0.3 is 15.4 Å².